The third kappa shape index (κ3) is 5.91. The first-order chi connectivity index (χ1) is 20.0. The normalized spacial score (nSPS) is 11.4. The van der Waals surface area contributed by atoms with E-state index >= 15 is 0 Å². The first kappa shape index (κ1) is 28.6. The lowest BCUT2D eigenvalue weighted by atomic mass is 10.00. The molecule has 0 amide bonds. The van der Waals surface area contributed by atoms with Crippen molar-refractivity contribution in [1.82, 2.24) is 19.7 Å². The minimum atomic E-state index is -5.02. The number of ether oxygens (including phenoxy) is 2. The van der Waals surface area contributed by atoms with Crippen molar-refractivity contribution in [2.75, 3.05) is 7.11 Å². The molecular weight excluding hydrogens is 573 g/mol. The summed E-state index contributed by atoms with van der Waals surface area (Å²) in [6, 6.07) is 20.0. The molecular formula is C30H22ClF3N4O4. The van der Waals surface area contributed by atoms with Crippen molar-refractivity contribution in [3.05, 3.63) is 107 Å². The molecule has 0 aliphatic rings. The molecule has 0 aliphatic carbocycles. The molecule has 5 aromatic rings. The topological polar surface area (TPSA) is 99.4 Å². The molecule has 0 aliphatic heterocycles. The smallest absolute Gasteiger partial charge is 0.434 e. The highest BCUT2D eigenvalue weighted by molar-refractivity contribution is 6.31. The average molecular weight is 595 g/mol. The number of aryl methyl sites for hydroxylation is 1. The fourth-order valence-electron chi connectivity index (χ4n) is 4.33. The van der Waals surface area contributed by atoms with Gasteiger partial charge < -0.3 is 14.6 Å². The lowest BCUT2D eigenvalue weighted by Gasteiger charge is -2.15. The Morgan fingerprint density at radius 1 is 1.02 bits per heavy atom. The van der Waals surface area contributed by atoms with E-state index in [0.717, 1.165) is 28.0 Å². The van der Waals surface area contributed by atoms with E-state index in [4.69, 9.17) is 21.1 Å². The summed E-state index contributed by atoms with van der Waals surface area (Å²) < 4.78 is 53.0. The Kier molecular flexibility index (Phi) is 7.86. The lowest BCUT2D eigenvalue weighted by molar-refractivity contribution is -0.143. The average Bonchev–Trinajstić information content (AvgIpc) is 3.44. The van der Waals surface area contributed by atoms with Crippen LogP contribution in [-0.4, -0.2) is 37.9 Å². The summed E-state index contributed by atoms with van der Waals surface area (Å²) in [4.78, 5) is 19.5. The Morgan fingerprint density at radius 3 is 2.43 bits per heavy atom. The first-order valence-corrected chi connectivity index (χ1v) is 12.8. The maximum Gasteiger partial charge on any atom is 0.434 e. The molecule has 0 bridgehead atoms. The number of nitrogens with zero attached hydrogens (tertiary/aromatic N) is 4. The van der Waals surface area contributed by atoms with E-state index in [0.29, 0.717) is 27.2 Å². The number of aromatic nitrogens is 4. The van der Waals surface area contributed by atoms with E-state index in [1.165, 1.54) is 12.3 Å². The summed E-state index contributed by atoms with van der Waals surface area (Å²) in [6.07, 6.45) is -3.17. The quantitative estimate of drug-likeness (QED) is 0.202. The van der Waals surface area contributed by atoms with Crippen molar-refractivity contribution in [3.63, 3.8) is 0 Å². The number of hydrogen-bond acceptors (Lipinski definition) is 6. The van der Waals surface area contributed by atoms with Crippen LogP contribution >= 0.6 is 11.6 Å². The zero-order chi connectivity index (χ0) is 30.0. The first-order valence-electron chi connectivity index (χ1n) is 12.4. The van der Waals surface area contributed by atoms with E-state index in [1.807, 2.05) is 49.4 Å². The maximum atomic E-state index is 13.8. The van der Waals surface area contributed by atoms with Crippen LogP contribution in [0.3, 0.4) is 0 Å². The molecule has 0 saturated heterocycles. The van der Waals surface area contributed by atoms with Crippen molar-refractivity contribution >= 4 is 17.6 Å². The van der Waals surface area contributed by atoms with Gasteiger partial charge >= 0.3 is 12.1 Å². The Bertz CT molecular complexity index is 1770. The van der Waals surface area contributed by atoms with Crippen LogP contribution < -0.4 is 9.47 Å². The number of methoxy groups -OCH3 is 1. The van der Waals surface area contributed by atoms with E-state index < -0.39 is 29.4 Å². The molecule has 0 saturated carbocycles. The van der Waals surface area contributed by atoms with Crippen molar-refractivity contribution < 1.29 is 32.5 Å². The minimum Gasteiger partial charge on any atom is -0.497 e. The van der Waals surface area contributed by atoms with Gasteiger partial charge in [-0.1, -0.05) is 41.9 Å². The van der Waals surface area contributed by atoms with Gasteiger partial charge in [-0.15, -0.1) is 0 Å². The monoisotopic (exact) mass is 594 g/mol. The van der Waals surface area contributed by atoms with Crippen LogP contribution in [0, 0.1) is 6.92 Å². The van der Waals surface area contributed by atoms with Crippen molar-refractivity contribution in [1.29, 1.82) is 0 Å². The molecule has 5 rings (SSSR count). The molecule has 214 valence electrons. The predicted octanol–water partition coefficient (Wildman–Crippen LogP) is 7.26. The molecule has 1 N–H and O–H groups in total. The Labute approximate surface area is 243 Å². The highest BCUT2D eigenvalue weighted by Crippen LogP contribution is 2.35. The van der Waals surface area contributed by atoms with Crippen LogP contribution in [0.1, 0.15) is 27.2 Å². The van der Waals surface area contributed by atoms with Crippen LogP contribution in [0.5, 0.6) is 11.5 Å². The SMILES string of the molecule is COc1ccc(-c2ccc(COc3ccc(Cl)cc3-c3ccnc(-n4ncc(C(=O)O)c4C(F)(F)F)n3)c(C)c2)cc1. The van der Waals surface area contributed by atoms with E-state index in [2.05, 4.69) is 15.1 Å². The van der Waals surface area contributed by atoms with Crippen LogP contribution in [0.2, 0.25) is 5.02 Å². The molecule has 0 fully saturated rings. The molecule has 0 radical (unpaired) electrons. The fourth-order valence-corrected chi connectivity index (χ4v) is 4.51. The Balaban J connectivity index is 1.44. The molecule has 0 atom stereocenters. The summed E-state index contributed by atoms with van der Waals surface area (Å²) in [6.45, 7) is 2.17. The molecule has 2 heterocycles. The van der Waals surface area contributed by atoms with Gasteiger partial charge in [-0.25, -0.2) is 14.8 Å². The second-order valence-electron chi connectivity index (χ2n) is 9.16. The van der Waals surface area contributed by atoms with Gasteiger partial charge in [0.1, 0.15) is 23.7 Å². The highest BCUT2D eigenvalue weighted by atomic mass is 35.5. The van der Waals surface area contributed by atoms with Crippen molar-refractivity contribution in [2.24, 2.45) is 0 Å². The lowest BCUT2D eigenvalue weighted by Crippen LogP contribution is -2.18. The largest absolute Gasteiger partial charge is 0.497 e. The van der Waals surface area contributed by atoms with Gasteiger partial charge in [0.25, 0.3) is 5.95 Å². The molecule has 0 spiro atoms. The summed E-state index contributed by atoms with van der Waals surface area (Å²) in [5.41, 5.74) is 2.07. The van der Waals surface area contributed by atoms with Crippen LogP contribution in [0.25, 0.3) is 28.3 Å². The molecule has 3 aromatic carbocycles. The van der Waals surface area contributed by atoms with Gasteiger partial charge in [0.05, 0.1) is 19.0 Å². The van der Waals surface area contributed by atoms with E-state index in [1.54, 1.807) is 25.3 Å². The fraction of sp³-hybridized carbons (Fsp3) is 0.133. The van der Waals surface area contributed by atoms with Gasteiger partial charge in [-0.2, -0.15) is 23.0 Å². The van der Waals surface area contributed by atoms with Gasteiger partial charge in [-0.05, 0) is 65.6 Å². The number of hydrogen-bond donors (Lipinski definition) is 1. The Morgan fingerprint density at radius 2 is 1.76 bits per heavy atom. The number of alkyl halides is 3. The number of carboxylic acids is 1. The zero-order valence-corrected chi connectivity index (χ0v) is 22.9. The zero-order valence-electron chi connectivity index (χ0n) is 22.2. The Hall–Kier alpha value is -4.90. The van der Waals surface area contributed by atoms with Gasteiger partial charge in [0.2, 0.25) is 0 Å². The molecule has 8 nitrogen and oxygen atoms in total. The highest BCUT2D eigenvalue weighted by Gasteiger charge is 2.41. The summed E-state index contributed by atoms with van der Waals surface area (Å²) >= 11 is 6.25. The number of carboxylic acid groups (broad SMARTS) is 1. The van der Waals surface area contributed by atoms with Gasteiger partial charge in [-0.3, -0.25) is 0 Å². The third-order valence-electron chi connectivity index (χ3n) is 6.47. The van der Waals surface area contributed by atoms with E-state index in [9.17, 15) is 23.1 Å². The molecule has 2 aromatic heterocycles. The van der Waals surface area contributed by atoms with Crippen LogP contribution in [0.4, 0.5) is 13.2 Å². The van der Waals surface area contributed by atoms with Gasteiger partial charge in [0, 0.05) is 16.8 Å². The molecule has 42 heavy (non-hydrogen) atoms. The number of halogens is 4. The third-order valence-corrected chi connectivity index (χ3v) is 6.70. The standard InChI is InChI=1S/C30H22ClF3N4O4/c1-17-13-19(18-5-8-22(41-2)9-6-18)3-4-20(17)16-42-26-10-7-21(31)14-23(26)25-11-12-35-29(37-25)38-27(30(32,33)34)24(15-36-38)28(39)40/h3-15H,16H2,1-2H3,(H,39,40). The second-order valence-corrected chi connectivity index (χ2v) is 9.60. The summed E-state index contributed by atoms with van der Waals surface area (Å²) in [5.74, 6) is -1.10. The maximum absolute atomic E-state index is 13.8. The number of carbonyl (C=O) groups is 1. The van der Waals surface area contributed by atoms with Crippen LogP contribution in [-0.2, 0) is 12.8 Å². The minimum absolute atomic E-state index is 0.195. The summed E-state index contributed by atoms with van der Waals surface area (Å²) in [5, 5.41) is 13.2. The number of benzene rings is 3. The van der Waals surface area contributed by atoms with E-state index in [-0.39, 0.29) is 12.3 Å². The van der Waals surface area contributed by atoms with Crippen LogP contribution in [0.15, 0.2) is 79.1 Å². The molecule has 12 heteroatoms. The number of aromatic carboxylic acids is 1. The molecule has 0 unspecified atom stereocenters. The van der Waals surface area contributed by atoms with Crippen molar-refractivity contribution in [3.8, 4) is 39.8 Å². The summed E-state index contributed by atoms with van der Waals surface area (Å²) in [7, 11) is 1.61. The second kappa shape index (κ2) is 11.5. The number of rotatable bonds is 8. The van der Waals surface area contributed by atoms with Crippen molar-refractivity contribution in [2.45, 2.75) is 19.7 Å². The predicted molar refractivity (Wildman–Crippen MR) is 149 cm³/mol. The van der Waals surface area contributed by atoms with Gasteiger partial charge in [0.15, 0.2) is 5.69 Å².